The highest BCUT2D eigenvalue weighted by Gasteiger charge is 2.13. The Bertz CT molecular complexity index is 582. The third kappa shape index (κ3) is 2.64. The molecule has 1 aromatic heterocycles. The van der Waals surface area contributed by atoms with Crippen molar-refractivity contribution >= 4 is 58.0 Å². The summed E-state index contributed by atoms with van der Waals surface area (Å²) < 4.78 is 0. The molecule has 1 heterocycles. The SMILES string of the molecule is Clc1cc(-c2c(Cl)ccc(Cl)c2Cl)cnc1Cl. The lowest BCUT2D eigenvalue weighted by molar-refractivity contribution is 1.33. The van der Waals surface area contributed by atoms with Crippen molar-refractivity contribution < 1.29 is 0 Å². The first-order valence-corrected chi connectivity index (χ1v) is 6.34. The van der Waals surface area contributed by atoms with E-state index >= 15 is 0 Å². The summed E-state index contributed by atoms with van der Waals surface area (Å²) in [4.78, 5) is 3.94. The molecule has 2 rings (SSSR count). The molecule has 0 atom stereocenters. The lowest BCUT2D eigenvalue weighted by Crippen LogP contribution is -1.86. The molecule has 0 N–H and O–H groups in total. The topological polar surface area (TPSA) is 12.9 Å². The highest BCUT2D eigenvalue weighted by molar-refractivity contribution is 6.46. The summed E-state index contributed by atoms with van der Waals surface area (Å²) >= 11 is 29.8. The first-order chi connectivity index (χ1) is 8.00. The lowest BCUT2D eigenvalue weighted by Gasteiger charge is -2.09. The van der Waals surface area contributed by atoms with Crippen LogP contribution >= 0.6 is 58.0 Å². The summed E-state index contributed by atoms with van der Waals surface area (Å²) in [6.07, 6.45) is 1.54. The van der Waals surface area contributed by atoms with Crippen LogP contribution in [0.1, 0.15) is 0 Å². The van der Waals surface area contributed by atoms with Crippen LogP contribution in [0.25, 0.3) is 11.1 Å². The van der Waals surface area contributed by atoms with Crippen molar-refractivity contribution in [3.63, 3.8) is 0 Å². The number of hydrogen-bond donors (Lipinski definition) is 0. The second-order valence-corrected chi connectivity index (χ2v) is 5.17. The Morgan fingerprint density at radius 3 is 2.12 bits per heavy atom. The Morgan fingerprint density at radius 1 is 0.824 bits per heavy atom. The van der Waals surface area contributed by atoms with E-state index in [1.807, 2.05) is 0 Å². The third-order valence-electron chi connectivity index (χ3n) is 2.13. The average Bonchev–Trinajstić information content (AvgIpc) is 2.29. The van der Waals surface area contributed by atoms with Crippen molar-refractivity contribution in [2.24, 2.45) is 0 Å². The number of benzene rings is 1. The molecule has 88 valence electrons. The van der Waals surface area contributed by atoms with Gasteiger partial charge in [0.1, 0.15) is 5.15 Å². The van der Waals surface area contributed by atoms with Gasteiger partial charge in [0.05, 0.1) is 20.1 Å². The second-order valence-electron chi connectivity index (χ2n) is 3.21. The number of hydrogen-bond acceptors (Lipinski definition) is 1. The van der Waals surface area contributed by atoms with Crippen LogP contribution in [-0.4, -0.2) is 4.98 Å². The molecule has 0 aliphatic rings. The standard InChI is InChI=1S/C11H4Cl5N/c12-6-1-2-7(13)10(15)9(6)5-3-8(14)11(16)17-4-5/h1-4H. The van der Waals surface area contributed by atoms with Gasteiger partial charge < -0.3 is 0 Å². The average molecular weight is 327 g/mol. The van der Waals surface area contributed by atoms with Crippen LogP contribution < -0.4 is 0 Å². The fourth-order valence-corrected chi connectivity index (χ4v) is 2.37. The maximum absolute atomic E-state index is 6.10. The molecule has 0 saturated carbocycles. The van der Waals surface area contributed by atoms with Crippen molar-refractivity contribution in [2.75, 3.05) is 0 Å². The Kier molecular flexibility index (Phi) is 4.06. The number of aromatic nitrogens is 1. The van der Waals surface area contributed by atoms with E-state index in [9.17, 15) is 0 Å². The van der Waals surface area contributed by atoms with Crippen LogP contribution in [0.3, 0.4) is 0 Å². The van der Waals surface area contributed by atoms with E-state index in [0.29, 0.717) is 31.2 Å². The normalized spacial score (nSPS) is 10.6. The molecule has 0 amide bonds. The summed E-state index contributed by atoms with van der Waals surface area (Å²) in [5, 5.41) is 1.80. The molecule has 0 fully saturated rings. The molecule has 2 aromatic rings. The minimum Gasteiger partial charge on any atom is -0.242 e. The largest absolute Gasteiger partial charge is 0.242 e. The fourth-order valence-electron chi connectivity index (χ4n) is 1.35. The van der Waals surface area contributed by atoms with Gasteiger partial charge in [-0.1, -0.05) is 58.0 Å². The molecule has 1 aromatic carbocycles. The van der Waals surface area contributed by atoms with E-state index < -0.39 is 0 Å². The first-order valence-electron chi connectivity index (χ1n) is 4.45. The summed E-state index contributed by atoms with van der Waals surface area (Å²) in [6.45, 7) is 0. The molecule has 1 nitrogen and oxygen atoms in total. The van der Waals surface area contributed by atoms with Gasteiger partial charge in [-0.25, -0.2) is 4.98 Å². The molecule has 0 aliphatic heterocycles. The number of nitrogens with zero attached hydrogens (tertiary/aromatic N) is 1. The maximum atomic E-state index is 6.10. The molecule has 0 radical (unpaired) electrons. The van der Waals surface area contributed by atoms with Gasteiger partial charge in [-0.2, -0.15) is 0 Å². The van der Waals surface area contributed by atoms with Crippen molar-refractivity contribution in [3.05, 3.63) is 49.6 Å². The van der Waals surface area contributed by atoms with Gasteiger partial charge in [0.15, 0.2) is 0 Å². The Morgan fingerprint density at radius 2 is 1.47 bits per heavy atom. The molecule has 0 spiro atoms. The van der Waals surface area contributed by atoms with Crippen molar-refractivity contribution in [2.45, 2.75) is 0 Å². The molecule has 0 aliphatic carbocycles. The molecule has 0 bridgehead atoms. The summed E-state index contributed by atoms with van der Waals surface area (Å²) in [5.41, 5.74) is 1.25. The van der Waals surface area contributed by atoms with Gasteiger partial charge in [0.2, 0.25) is 0 Å². The van der Waals surface area contributed by atoms with E-state index in [0.717, 1.165) is 0 Å². The van der Waals surface area contributed by atoms with E-state index in [2.05, 4.69) is 4.98 Å². The summed E-state index contributed by atoms with van der Waals surface area (Å²) in [6, 6.07) is 4.93. The summed E-state index contributed by atoms with van der Waals surface area (Å²) in [5.74, 6) is 0. The second kappa shape index (κ2) is 5.21. The summed E-state index contributed by atoms with van der Waals surface area (Å²) in [7, 11) is 0. The maximum Gasteiger partial charge on any atom is 0.147 e. The van der Waals surface area contributed by atoms with Crippen LogP contribution in [0.15, 0.2) is 24.4 Å². The van der Waals surface area contributed by atoms with Crippen molar-refractivity contribution in [1.29, 1.82) is 0 Å². The minimum atomic E-state index is 0.227. The molecule has 0 saturated heterocycles. The van der Waals surface area contributed by atoms with Gasteiger partial charge in [-0.15, -0.1) is 0 Å². The number of pyridine rings is 1. The van der Waals surface area contributed by atoms with Gasteiger partial charge >= 0.3 is 0 Å². The van der Waals surface area contributed by atoms with Crippen LogP contribution in [0.5, 0.6) is 0 Å². The van der Waals surface area contributed by atoms with Crippen LogP contribution in [0.2, 0.25) is 25.2 Å². The van der Waals surface area contributed by atoms with Gasteiger partial charge in [-0.05, 0) is 18.2 Å². The zero-order valence-corrected chi connectivity index (χ0v) is 11.9. The van der Waals surface area contributed by atoms with Gasteiger partial charge in [0.25, 0.3) is 0 Å². The minimum absolute atomic E-state index is 0.227. The molecular weight excluding hydrogens is 323 g/mol. The number of rotatable bonds is 1. The Balaban J connectivity index is 2.68. The van der Waals surface area contributed by atoms with Crippen molar-refractivity contribution in [1.82, 2.24) is 4.98 Å². The predicted molar refractivity (Wildman–Crippen MR) is 74.7 cm³/mol. The van der Waals surface area contributed by atoms with Crippen LogP contribution in [0.4, 0.5) is 0 Å². The lowest BCUT2D eigenvalue weighted by atomic mass is 10.1. The number of halogens is 5. The van der Waals surface area contributed by atoms with Gasteiger partial charge in [0, 0.05) is 17.3 Å². The predicted octanol–water partition coefficient (Wildman–Crippen LogP) is 6.02. The highest BCUT2D eigenvalue weighted by Crippen LogP contribution is 2.39. The van der Waals surface area contributed by atoms with Gasteiger partial charge in [-0.3, -0.25) is 0 Å². The molecule has 6 heteroatoms. The molecule has 0 unspecified atom stereocenters. The fraction of sp³-hybridized carbons (Fsp3) is 0. The van der Waals surface area contributed by atoms with Crippen LogP contribution in [-0.2, 0) is 0 Å². The quantitative estimate of drug-likeness (QED) is 0.461. The zero-order valence-electron chi connectivity index (χ0n) is 8.15. The highest BCUT2D eigenvalue weighted by atomic mass is 35.5. The third-order valence-corrected chi connectivity index (χ3v) is 3.93. The van der Waals surface area contributed by atoms with Crippen molar-refractivity contribution in [3.8, 4) is 11.1 Å². The zero-order chi connectivity index (χ0) is 12.6. The molecular formula is C11H4Cl5N. The first kappa shape index (κ1) is 13.3. The van der Waals surface area contributed by atoms with E-state index in [1.165, 1.54) is 6.20 Å². The van der Waals surface area contributed by atoms with E-state index in [1.54, 1.807) is 18.2 Å². The monoisotopic (exact) mass is 325 g/mol. The molecule has 17 heavy (non-hydrogen) atoms. The smallest absolute Gasteiger partial charge is 0.147 e. The Labute approximate surface area is 123 Å². The van der Waals surface area contributed by atoms with E-state index in [-0.39, 0.29) is 5.15 Å². The van der Waals surface area contributed by atoms with Crippen LogP contribution in [0, 0.1) is 0 Å². The Hall–Kier alpha value is -0.180. The van der Waals surface area contributed by atoms with E-state index in [4.69, 9.17) is 58.0 Å².